The predicted octanol–water partition coefficient (Wildman–Crippen LogP) is 7.81. The third kappa shape index (κ3) is 4.91. The summed E-state index contributed by atoms with van der Waals surface area (Å²) >= 11 is 0. The number of carboxylic acids is 2. The average molecular weight is 457 g/mol. The van der Waals surface area contributed by atoms with Crippen LogP contribution in [0.4, 0.5) is 0 Å². The molecule has 0 saturated heterocycles. The zero-order chi connectivity index (χ0) is 24.1. The van der Waals surface area contributed by atoms with Gasteiger partial charge in [0.1, 0.15) is 0 Å². The Morgan fingerprint density at radius 3 is 2.00 bits per heavy atom. The average Bonchev–Trinajstić information content (AvgIpc) is 2.87. The molecule has 0 amide bonds. The minimum atomic E-state index is -0.980. The molecule has 4 rings (SSSR count). The Morgan fingerprint density at radius 2 is 1.38 bits per heavy atom. The van der Waals surface area contributed by atoms with Gasteiger partial charge in [0.2, 0.25) is 0 Å². The number of carbonyl (C=O) groups is 2. The minimum absolute atomic E-state index is 0.235. The van der Waals surface area contributed by atoms with Crippen LogP contribution in [-0.4, -0.2) is 22.2 Å². The SMILES string of the molecule is CCCCc1cc(-c2ccccc2C(=O)O)c(-c2ccccc2C(=O)O)c(C2CCCCC2)c1. The van der Waals surface area contributed by atoms with E-state index in [1.807, 2.05) is 24.3 Å². The van der Waals surface area contributed by atoms with Crippen molar-refractivity contribution >= 4 is 11.9 Å². The molecule has 0 unspecified atom stereocenters. The summed E-state index contributed by atoms with van der Waals surface area (Å²) in [5, 5.41) is 20.0. The summed E-state index contributed by atoms with van der Waals surface area (Å²) in [7, 11) is 0. The monoisotopic (exact) mass is 456 g/mol. The second-order valence-corrected chi connectivity index (χ2v) is 9.25. The first-order chi connectivity index (χ1) is 16.5. The van der Waals surface area contributed by atoms with Crippen molar-refractivity contribution in [2.75, 3.05) is 0 Å². The fraction of sp³-hybridized carbons (Fsp3) is 0.333. The second-order valence-electron chi connectivity index (χ2n) is 9.25. The van der Waals surface area contributed by atoms with E-state index in [1.54, 1.807) is 24.3 Å². The Hall–Kier alpha value is -3.40. The summed E-state index contributed by atoms with van der Waals surface area (Å²) < 4.78 is 0. The lowest BCUT2D eigenvalue weighted by atomic mass is 9.76. The fourth-order valence-electron chi connectivity index (χ4n) is 5.29. The highest BCUT2D eigenvalue weighted by Gasteiger charge is 2.26. The molecule has 1 fully saturated rings. The van der Waals surface area contributed by atoms with Gasteiger partial charge in [0.05, 0.1) is 11.1 Å². The van der Waals surface area contributed by atoms with Crippen LogP contribution in [0.25, 0.3) is 22.3 Å². The second kappa shape index (κ2) is 10.7. The van der Waals surface area contributed by atoms with Crippen molar-refractivity contribution < 1.29 is 19.8 Å². The van der Waals surface area contributed by atoms with Crippen LogP contribution in [0.1, 0.15) is 89.6 Å². The highest BCUT2D eigenvalue weighted by Crippen LogP contribution is 2.45. The molecular weight excluding hydrogens is 424 g/mol. The first-order valence-corrected chi connectivity index (χ1v) is 12.3. The molecule has 4 heteroatoms. The molecule has 176 valence electrons. The van der Waals surface area contributed by atoms with Gasteiger partial charge in [-0.25, -0.2) is 9.59 Å². The van der Waals surface area contributed by atoms with Gasteiger partial charge in [0.25, 0.3) is 0 Å². The van der Waals surface area contributed by atoms with E-state index in [4.69, 9.17) is 0 Å². The topological polar surface area (TPSA) is 74.6 Å². The number of rotatable bonds is 8. The number of carboxylic acid groups (broad SMARTS) is 2. The normalized spacial score (nSPS) is 14.1. The largest absolute Gasteiger partial charge is 0.478 e. The van der Waals surface area contributed by atoms with Crippen LogP contribution in [0.3, 0.4) is 0 Å². The predicted molar refractivity (Wildman–Crippen MR) is 136 cm³/mol. The van der Waals surface area contributed by atoms with Gasteiger partial charge >= 0.3 is 11.9 Å². The van der Waals surface area contributed by atoms with E-state index in [1.165, 1.54) is 12.0 Å². The number of benzene rings is 3. The Kier molecular flexibility index (Phi) is 7.46. The van der Waals surface area contributed by atoms with Gasteiger partial charge in [-0.2, -0.15) is 0 Å². The minimum Gasteiger partial charge on any atom is -0.478 e. The standard InChI is InChI=1S/C30H32O4/c1-2-3-11-20-18-26(21-12-5-4-6-13-21)28(23-15-8-10-17-25(23)30(33)34)27(19-20)22-14-7-9-16-24(22)29(31)32/h7-10,14-19,21H,2-6,11-13H2,1H3,(H,31,32)(H,33,34). The Morgan fingerprint density at radius 1 is 0.794 bits per heavy atom. The lowest BCUT2D eigenvalue weighted by molar-refractivity contribution is 0.0686. The molecule has 0 radical (unpaired) electrons. The van der Waals surface area contributed by atoms with Crippen molar-refractivity contribution in [2.45, 2.75) is 64.2 Å². The summed E-state index contributed by atoms with van der Waals surface area (Å²) in [5.41, 5.74) is 5.83. The van der Waals surface area contributed by atoms with E-state index in [-0.39, 0.29) is 11.1 Å². The number of unbranched alkanes of at least 4 members (excludes halogenated alkanes) is 1. The Balaban J connectivity index is 2.08. The molecular formula is C30H32O4. The van der Waals surface area contributed by atoms with Crippen molar-refractivity contribution in [1.82, 2.24) is 0 Å². The smallest absolute Gasteiger partial charge is 0.336 e. The molecule has 0 aromatic heterocycles. The third-order valence-corrected chi connectivity index (χ3v) is 6.97. The van der Waals surface area contributed by atoms with Gasteiger partial charge in [0, 0.05) is 0 Å². The van der Waals surface area contributed by atoms with Gasteiger partial charge < -0.3 is 10.2 Å². The van der Waals surface area contributed by atoms with E-state index in [0.717, 1.165) is 61.6 Å². The first kappa shape index (κ1) is 23.7. The van der Waals surface area contributed by atoms with Crippen molar-refractivity contribution in [3.05, 3.63) is 82.9 Å². The van der Waals surface area contributed by atoms with Crippen LogP contribution in [0.2, 0.25) is 0 Å². The van der Waals surface area contributed by atoms with Crippen LogP contribution >= 0.6 is 0 Å². The van der Waals surface area contributed by atoms with E-state index in [0.29, 0.717) is 17.0 Å². The highest BCUT2D eigenvalue weighted by atomic mass is 16.4. The van der Waals surface area contributed by atoms with Crippen molar-refractivity contribution in [1.29, 1.82) is 0 Å². The molecule has 0 aliphatic heterocycles. The lowest BCUT2D eigenvalue weighted by Gasteiger charge is -2.28. The van der Waals surface area contributed by atoms with E-state index in [9.17, 15) is 19.8 Å². The van der Waals surface area contributed by atoms with E-state index < -0.39 is 11.9 Å². The molecule has 0 atom stereocenters. The fourth-order valence-corrected chi connectivity index (χ4v) is 5.29. The Labute approximate surface area is 201 Å². The van der Waals surface area contributed by atoms with Gasteiger partial charge in [-0.3, -0.25) is 0 Å². The van der Waals surface area contributed by atoms with E-state index >= 15 is 0 Å². The summed E-state index contributed by atoms with van der Waals surface area (Å²) in [6.07, 6.45) is 8.72. The van der Waals surface area contributed by atoms with Crippen molar-refractivity contribution in [3.63, 3.8) is 0 Å². The summed E-state index contributed by atoms with van der Waals surface area (Å²) in [4.78, 5) is 24.4. The summed E-state index contributed by atoms with van der Waals surface area (Å²) in [5.74, 6) is -1.62. The molecule has 1 aliphatic rings. The third-order valence-electron chi connectivity index (χ3n) is 6.97. The maximum Gasteiger partial charge on any atom is 0.336 e. The molecule has 0 spiro atoms. The number of hydrogen-bond donors (Lipinski definition) is 2. The lowest BCUT2D eigenvalue weighted by Crippen LogP contribution is -2.10. The molecule has 3 aromatic carbocycles. The molecule has 1 saturated carbocycles. The van der Waals surface area contributed by atoms with Gasteiger partial charge in [-0.05, 0) is 77.1 Å². The molecule has 4 nitrogen and oxygen atoms in total. The van der Waals surface area contributed by atoms with Crippen molar-refractivity contribution in [2.24, 2.45) is 0 Å². The first-order valence-electron chi connectivity index (χ1n) is 12.3. The van der Waals surface area contributed by atoms with Crippen molar-refractivity contribution in [3.8, 4) is 22.3 Å². The van der Waals surface area contributed by atoms with Crippen LogP contribution in [0, 0.1) is 0 Å². The van der Waals surface area contributed by atoms with Crippen LogP contribution in [0.5, 0.6) is 0 Å². The number of aryl methyl sites for hydroxylation is 1. The molecule has 0 bridgehead atoms. The zero-order valence-corrected chi connectivity index (χ0v) is 19.7. The zero-order valence-electron chi connectivity index (χ0n) is 19.7. The number of aromatic carboxylic acids is 2. The molecule has 3 aromatic rings. The molecule has 0 heterocycles. The molecule has 34 heavy (non-hydrogen) atoms. The number of hydrogen-bond acceptors (Lipinski definition) is 2. The maximum absolute atomic E-state index is 12.2. The van der Waals surface area contributed by atoms with Crippen LogP contribution < -0.4 is 0 Å². The maximum atomic E-state index is 12.2. The van der Waals surface area contributed by atoms with Gasteiger partial charge in [-0.1, -0.05) is 81.1 Å². The van der Waals surface area contributed by atoms with Gasteiger partial charge in [0.15, 0.2) is 0 Å². The summed E-state index contributed by atoms with van der Waals surface area (Å²) in [6.45, 7) is 2.17. The Bertz CT molecular complexity index is 1190. The molecule has 2 N–H and O–H groups in total. The van der Waals surface area contributed by atoms with Gasteiger partial charge in [-0.15, -0.1) is 0 Å². The molecule has 1 aliphatic carbocycles. The quantitative estimate of drug-likeness (QED) is 0.362. The highest BCUT2D eigenvalue weighted by molar-refractivity contribution is 6.03. The van der Waals surface area contributed by atoms with Crippen LogP contribution in [0.15, 0.2) is 60.7 Å². The van der Waals surface area contributed by atoms with E-state index in [2.05, 4.69) is 19.1 Å². The summed E-state index contributed by atoms with van der Waals surface area (Å²) in [6, 6.07) is 18.5. The van der Waals surface area contributed by atoms with Crippen LogP contribution in [-0.2, 0) is 6.42 Å².